The Morgan fingerprint density at radius 1 is 1.10 bits per heavy atom. The van der Waals surface area contributed by atoms with Crippen LogP contribution in [0.1, 0.15) is 11.1 Å². The molecule has 5 nitrogen and oxygen atoms in total. The minimum Gasteiger partial charge on any atom is -0.493 e. The molecule has 0 spiro atoms. The first-order valence-electron chi connectivity index (χ1n) is 6.42. The third-order valence-corrected chi connectivity index (χ3v) is 3.12. The molecule has 0 saturated carbocycles. The van der Waals surface area contributed by atoms with Crippen molar-refractivity contribution < 1.29 is 9.47 Å². The molecule has 0 bridgehead atoms. The zero-order valence-electron chi connectivity index (χ0n) is 12.0. The van der Waals surface area contributed by atoms with Crippen LogP contribution in [0.5, 0.6) is 11.5 Å². The number of nitrogens with one attached hydrogen (secondary N) is 1. The number of nitriles is 1. The van der Waals surface area contributed by atoms with Gasteiger partial charge in [-0.25, -0.2) is 0 Å². The summed E-state index contributed by atoms with van der Waals surface area (Å²) in [6.07, 6.45) is 0. The van der Waals surface area contributed by atoms with Crippen LogP contribution in [0.3, 0.4) is 0 Å². The van der Waals surface area contributed by atoms with Crippen molar-refractivity contribution in [2.75, 3.05) is 25.3 Å². The maximum absolute atomic E-state index is 8.77. The fraction of sp³-hybridized carbons (Fsp3) is 0.188. The van der Waals surface area contributed by atoms with Gasteiger partial charge in [-0.3, -0.25) is 0 Å². The van der Waals surface area contributed by atoms with E-state index >= 15 is 0 Å². The Kier molecular flexibility index (Phi) is 4.52. The molecule has 0 heterocycles. The van der Waals surface area contributed by atoms with Crippen LogP contribution in [0.15, 0.2) is 36.4 Å². The number of hydrogen-bond donors (Lipinski definition) is 2. The minimum absolute atomic E-state index is 0.585. The van der Waals surface area contributed by atoms with E-state index in [2.05, 4.69) is 11.4 Å². The van der Waals surface area contributed by atoms with E-state index in [1.807, 2.05) is 12.1 Å². The second kappa shape index (κ2) is 6.53. The number of rotatable bonds is 5. The van der Waals surface area contributed by atoms with E-state index in [4.69, 9.17) is 20.5 Å². The predicted molar refractivity (Wildman–Crippen MR) is 82.4 cm³/mol. The summed E-state index contributed by atoms with van der Waals surface area (Å²) in [7, 11) is 3.15. The summed E-state index contributed by atoms with van der Waals surface area (Å²) >= 11 is 0. The van der Waals surface area contributed by atoms with E-state index in [0.29, 0.717) is 29.3 Å². The summed E-state index contributed by atoms with van der Waals surface area (Å²) < 4.78 is 10.5. The van der Waals surface area contributed by atoms with Gasteiger partial charge in [0.1, 0.15) is 0 Å². The summed E-state index contributed by atoms with van der Waals surface area (Å²) in [6.45, 7) is 0.603. The van der Waals surface area contributed by atoms with E-state index in [0.717, 1.165) is 11.3 Å². The van der Waals surface area contributed by atoms with Crippen LogP contribution in [-0.2, 0) is 6.54 Å². The highest BCUT2D eigenvalue weighted by molar-refractivity contribution is 5.72. The molecule has 0 aromatic heterocycles. The van der Waals surface area contributed by atoms with Crippen molar-refractivity contribution in [1.29, 1.82) is 5.26 Å². The topological polar surface area (TPSA) is 80.3 Å². The molecular weight excluding hydrogens is 266 g/mol. The molecule has 0 aliphatic heterocycles. The zero-order chi connectivity index (χ0) is 15.2. The van der Waals surface area contributed by atoms with Gasteiger partial charge in [-0.05, 0) is 17.7 Å². The van der Waals surface area contributed by atoms with E-state index in [1.165, 1.54) is 0 Å². The standard InChI is InChI=1S/C16H17N3O2/c1-20-15-7-13(18)14(8-16(15)21-2)19-10-12-5-3-11(9-17)4-6-12/h3-8,19H,10,18H2,1-2H3. The molecule has 108 valence electrons. The third-order valence-electron chi connectivity index (χ3n) is 3.12. The van der Waals surface area contributed by atoms with Crippen molar-refractivity contribution in [3.8, 4) is 17.6 Å². The lowest BCUT2D eigenvalue weighted by atomic mass is 10.1. The zero-order valence-corrected chi connectivity index (χ0v) is 12.0. The Bertz CT molecular complexity index is 660. The molecular formula is C16H17N3O2. The quantitative estimate of drug-likeness (QED) is 0.825. The first kappa shape index (κ1) is 14.5. The average Bonchev–Trinajstić information content (AvgIpc) is 2.53. The van der Waals surface area contributed by atoms with Crippen LogP contribution >= 0.6 is 0 Å². The van der Waals surface area contributed by atoms with Crippen molar-refractivity contribution in [3.05, 3.63) is 47.5 Å². The Labute approximate surface area is 123 Å². The number of anilines is 2. The first-order valence-corrected chi connectivity index (χ1v) is 6.42. The number of ether oxygens (including phenoxy) is 2. The van der Waals surface area contributed by atoms with Gasteiger partial charge in [0.25, 0.3) is 0 Å². The normalized spacial score (nSPS) is 9.76. The van der Waals surface area contributed by atoms with Gasteiger partial charge in [0, 0.05) is 18.7 Å². The molecule has 5 heteroatoms. The first-order chi connectivity index (χ1) is 10.2. The lowest BCUT2D eigenvalue weighted by Crippen LogP contribution is -2.04. The van der Waals surface area contributed by atoms with Crippen LogP contribution in [0.2, 0.25) is 0 Å². The summed E-state index contributed by atoms with van der Waals surface area (Å²) in [5.41, 5.74) is 9.05. The van der Waals surface area contributed by atoms with Crippen LogP contribution < -0.4 is 20.5 Å². The Morgan fingerprint density at radius 3 is 2.29 bits per heavy atom. The average molecular weight is 283 g/mol. The number of nitrogen functional groups attached to an aromatic ring is 1. The maximum atomic E-state index is 8.77. The van der Waals surface area contributed by atoms with Crippen molar-refractivity contribution >= 4 is 11.4 Å². The van der Waals surface area contributed by atoms with Gasteiger partial charge in [0.05, 0.1) is 37.2 Å². The summed E-state index contributed by atoms with van der Waals surface area (Å²) in [5, 5.41) is 12.0. The van der Waals surface area contributed by atoms with Crippen LogP contribution in [-0.4, -0.2) is 14.2 Å². The molecule has 3 N–H and O–H groups in total. The van der Waals surface area contributed by atoms with Gasteiger partial charge in [-0.15, -0.1) is 0 Å². The monoisotopic (exact) mass is 283 g/mol. The molecule has 2 aromatic rings. The smallest absolute Gasteiger partial charge is 0.162 e. The van der Waals surface area contributed by atoms with Gasteiger partial charge in [-0.1, -0.05) is 12.1 Å². The van der Waals surface area contributed by atoms with Gasteiger partial charge >= 0.3 is 0 Å². The Morgan fingerprint density at radius 2 is 1.71 bits per heavy atom. The van der Waals surface area contributed by atoms with Crippen molar-refractivity contribution in [2.24, 2.45) is 0 Å². The minimum atomic E-state index is 0.585. The number of nitrogens with zero attached hydrogens (tertiary/aromatic N) is 1. The molecule has 0 atom stereocenters. The highest BCUT2D eigenvalue weighted by Crippen LogP contribution is 2.34. The number of hydrogen-bond acceptors (Lipinski definition) is 5. The third kappa shape index (κ3) is 3.37. The van der Waals surface area contributed by atoms with Gasteiger partial charge in [0.15, 0.2) is 11.5 Å². The van der Waals surface area contributed by atoms with Gasteiger partial charge < -0.3 is 20.5 Å². The lowest BCUT2D eigenvalue weighted by molar-refractivity contribution is 0.355. The molecule has 0 unspecified atom stereocenters. The summed E-state index contributed by atoms with van der Waals surface area (Å²) in [4.78, 5) is 0. The number of nitrogens with two attached hydrogens (primary N) is 1. The Hall–Kier alpha value is -2.87. The molecule has 0 radical (unpaired) electrons. The number of methoxy groups -OCH3 is 2. The highest BCUT2D eigenvalue weighted by atomic mass is 16.5. The second-order valence-corrected chi connectivity index (χ2v) is 4.46. The molecule has 21 heavy (non-hydrogen) atoms. The summed E-state index contributed by atoms with van der Waals surface area (Å²) in [6, 6.07) is 13.0. The largest absolute Gasteiger partial charge is 0.493 e. The Balaban J connectivity index is 2.14. The van der Waals surface area contributed by atoms with Crippen molar-refractivity contribution in [2.45, 2.75) is 6.54 Å². The lowest BCUT2D eigenvalue weighted by Gasteiger charge is -2.14. The van der Waals surface area contributed by atoms with E-state index in [9.17, 15) is 0 Å². The van der Waals surface area contributed by atoms with E-state index < -0.39 is 0 Å². The molecule has 0 aliphatic carbocycles. The van der Waals surface area contributed by atoms with Crippen molar-refractivity contribution in [3.63, 3.8) is 0 Å². The molecule has 2 aromatic carbocycles. The van der Waals surface area contributed by atoms with Crippen LogP contribution in [0, 0.1) is 11.3 Å². The predicted octanol–water partition coefficient (Wildman–Crippen LogP) is 2.77. The van der Waals surface area contributed by atoms with Crippen molar-refractivity contribution in [1.82, 2.24) is 0 Å². The van der Waals surface area contributed by atoms with Gasteiger partial charge in [-0.2, -0.15) is 5.26 Å². The maximum Gasteiger partial charge on any atom is 0.162 e. The molecule has 0 saturated heterocycles. The molecule has 2 rings (SSSR count). The molecule has 0 fully saturated rings. The highest BCUT2D eigenvalue weighted by Gasteiger charge is 2.08. The summed E-state index contributed by atoms with van der Waals surface area (Å²) in [5.74, 6) is 1.22. The van der Waals surface area contributed by atoms with Crippen LogP contribution in [0.25, 0.3) is 0 Å². The fourth-order valence-electron chi connectivity index (χ4n) is 1.94. The van der Waals surface area contributed by atoms with E-state index in [-0.39, 0.29) is 0 Å². The second-order valence-electron chi connectivity index (χ2n) is 4.46. The fourth-order valence-corrected chi connectivity index (χ4v) is 1.94. The van der Waals surface area contributed by atoms with E-state index in [1.54, 1.807) is 38.5 Å². The molecule has 0 aliphatic rings. The van der Waals surface area contributed by atoms with Gasteiger partial charge in [0.2, 0.25) is 0 Å². The SMILES string of the molecule is COc1cc(N)c(NCc2ccc(C#N)cc2)cc1OC. The van der Waals surface area contributed by atoms with Crippen LogP contribution in [0.4, 0.5) is 11.4 Å². The number of benzene rings is 2. The molecule has 0 amide bonds.